The van der Waals surface area contributed by atoms with Crippen molar-refractivity contribution in [3.8, 4) is 6.07 Å². The first kappa shape index (κ1) is 17.0. The molecule has 2 heterocycles. The zero-order chi connectivity index (χ0) is 18.0. The second kappa shape index (κ2) is 6.96. The number of aromatic amines is 1. The van der Waals surface area contributed by atoms with Crippen molar-refractivity contribution < 1.29 is 4.40 Å². The summed E-state index contributed by atoms with van der Waals surface area (Å²) in [6.45, 7) is 7.66. The third-order valence-corrected chi connectivity index (χ3v) is 4.51. The van der Waals surface area contributed by atoms with E-state index in [1.807, 2.05) is 31.2 Å². The van der Waals surface area contributed by atoms with E-state index in [0.29, 0.717) is 12.0 Å². The van der Waals surface area contributed by atoms with Crippen molar-refractivity contribution in [3.63, 3.8) is 0 Å². The summed E-state index contributed by atoms with van der Waals surface area (Å²) in [6.07, 6.45) is 2.61. The summed E-state index contributed by atoms with van der Waals surface area (Å²) in [5, 5.41) is 13.3. The zero-order valence-corrected chi connectivity index (χ0v) is 15.1. The molecular formula is C20H24N5+. The van der Waals surface area contributed by atoms with Gasteiger partial charge in [-0.2, -0.15) is 9.66 Å². The van der Waals surface area contributed by atoms with E-state index in [4.69, 9.17) is 0 Å². The van der Waals surface area contributed by atoms with Gasteiger partial charge in [0.25, 0.3) is 0 Å². The quantitative estimate of drug-likeness (QED) is 0.538. The Labute approximate surface area is 148 Å². The minimum absolute atomic E-state index is 0.686. The van der Waals surface area contributed by atoms with Crippen molar-refractivity contribution in [2.75, 3.05) is 32.5 Å². The molecule has 5 heteroatoms. The summed E-state index contributed by atoms with van der Waals surface area (Å²) in [4.78, 5) is 5.56. The van der Waals surface area contributed by atoms with Gasteiger partial charge in [0.1, 0.15) is 22.7 Å². The minimum atomic E-state index is 0.686. The third-order valence-electron chi connectivity index (χ3n) is 4.51. The Morgan fingerprint density at radius 3 is 2.80 bits per heavy atom. The number of pyridine rings is 1. The van der Waals surface area contributed by atoms with E-state index in [2.05, 4.69) is 52.4 Å². The number of fused-ring (bicyclic) bond motifs is 3. The number of nitrogens with one attached hydrogen (secondary N) is 2. The summed E-state index contributed by atoms with van der Waals surface area (Å²) in [6, 6.07) is 10.5. The van der Waals surface area contributed by atoms with Crippen molar-refractivity contribution in [1.29, 1.82) is 5.26 Å². The molecule has 0 atom stereocenters. The molecule has 5 nitrogen and oxygen atoms in total. The van der Waals surface area contributed by atoms with Crippen LogP contribution in [0.25, 0.3) is 16.7 Å². The fraction of sp³-hybridized carbons (Fsp3) is 0.300. The van der Waals surface area contributed by atoms with Crippen LogP contribution >= 0.6 is 0 Å². The number of rotatable bonds is 6. The molecule has 3 aromatic rings. The Kier molecular flexibility index (Phi) is 4.73. The maximum atomic E-state index is 9.74. The SMILES string of the molecule is C=CCc1c(C)c(C#N)c2[nH]c3ccccc3[n+]2c1NCCN(C)C. The Bertz CT molecular complexity index is 975. The van der Waals surface area contributed by atoms with Crippen molar-refractivity contribution in [3.05, 3.63) is 53.6 Å². The van der Waals surface area contributed by atoms with Gasteiger partial charge >= 0.3 is 0 Å². The lowest BCUT2D eigenvalue weighted by atomic mass is 10.0. The first-order valence-electron chi connectivity index (χ1n) is 8.46. The number of anilines is 1. The van der Waals surface area contributed by atoms with Gasteiger partial charge in [-0.1, -0.05) is 18.2 Å². The normalized spacial score (nSPS) is 11.2. The van der Waals surface area contributed by atoms with Gasteiger partial charge in [-0.15, -0.1) is 6.58 Å². The van der Waals surface area contributed by atoms with E-state index < -0.39 is 0 Å². The predicted molar refractivity (Wildman–Crippen MR) is 102 cm³/mol. The molecule has 25 heavy (non-hydrogen) atoms. The van der Waals surface area contributed by atoms with Crippen LogP contribution in [0.15, 0.2) is 36.9 Å². The van der Waals surface area contributed by atoms with Gasteiger partial charge in [0.05, 0.1) is 6.54 Å². The summed E-state index contributed by atoms with van der Waals surface area (Å²) < 4.78 is 2.13. The lowest BCUT2D eigenvalue weighted by Crippen LogP contribution is -2.32. The highest BCUT2D eigenvalue weighted by molar-refractivity contribution is 5.78. The molecule has 0 saturated heterocycles. The van der Waals surface area contributed by atoms with Gasteiger partial charge in [0.2, 0.25) is 11.5 Å². The number of hydrogen-bond donors (Lipinski definition) is 2. The highest BCUT2D eigenvalue weighted by Crippen LogP contribution is 2.25. The van der Waals surface area contributed by atoms with E-state index in [9.17, 15) is 5.26 Å². The molecule has 0 radical (unpaired) electrons. The fourth-order valence-electron chi connectivity index (χ4n) is 3.24. The monoisotopic (exact) mass is 334 g/mol. The van der Waals surface area contributed by atoms with E-state index in [1.54, 1.807) is 0 Å². The van der Waals surface area contributed by atoms with Gasteiger partial charge in [-0.05, 0) is 45.1 Å². The number of hydrogen-bond acceptors (Lipinski definition) is 3. The first-order chi connectivity index (χ1) is 12.1. The van der Waals surface area contributed by atoms with Crippen LogP contribution in [0.3, 0.4) is 0 Å². The van der Waals surface area contributed by atoms with Crippen LogP contribution in [0.1, 0.15) is 16.7 Å². The second-order valence-corrected chi connectivity index (χ2v) is 6.49. The minimum Gasteiger partial charge on any atom is -0.306 e. The van der Waals surface area contributed by atoms with Crippen LogP contribution in [-0.2, 0) is 6.42 Å². The maximum Gasteiger partial charge on any atom is 0.250 e. The van der Waals surface area contributed by atoms with Gasteiger partial charge in [-0.25, -0.2) is 0 Å². The molecule has 3 rings (SSSR count). The molecule has 0 amide bonds. The van der Waals surface area contributed by atoms with Crippen LogP contribution in [0, 0.1) is 18.3 Å². The largest absolute Gasteiger partial charge is 0.306 e. The average molecular weight is 334 g/mol. The Morgan fingerprint density at radius 1 is 1.36 bits per heavy atom. The topological polar surface area (TPSA) is 59.0 Å². The smallest absolute Gasteiger partial charge is 0.250 e. The van der Waals surface area contributed by atoms with E-state index >= 15 is 0 Å². The number of likely N-dealkylation sites (N-methyl/N-ethyl adjacent to an activating group) is 1. The highest BCUT2D eigenvalue weighted by Gasteiger charge is 2.24. The van der Waals surface area contributed by atoms with Gasteiger partial charge < -0.3 is 10.2 Å². The third kappa shape index (κ3) is 2.97. The molecule has 0 saturated carbocycles. The van der Waals surface area contributed by atoms with Crippen LogP contribution in [-0.4, -0.2) is 37.1 Å². The van der Waals surface area contributed by atoms with Crippen LogP contribution < -0.4 is 9.72 Å². The Hall–Kier alpha value is -2.84. The molecule has 0 spiro atoms. The molecule has 0 aliphatic rings. The average Bonchev–Trinajstić information content (AvgIpc) is 2.96. The zero-order valence-electron chi connectivity index (χ0n) is 15.1. The highest BCUT2D eigenvalue weighted by atomic mass is 15.1. The molecule has 2 N–H and O–H groups in total. The molecule has 0 unspecified atom stereocenters. The van der Waals surface area contributed by atoms with Gasteiger partial charge in [0.15, 0.2) is 0 Å². The second-order valence-electron chi connectivity index (χ2n) is 6.49. The number of H-pyrrole nitrogens is 1. The van der Waals surface area contributed by atoms with E-state index in [1.165, 1.54) is 0 Å². The summed E-state index contributed by atoms with van der Waals surface area (Å²) in [7, 11) is 4.12. The number of aromatic nitrogens is 2. The summed E-state index contributed by atoms with van der Waals surface area (Å²) >= 11 is 0. The van der Waals surface area contributed by atoms with Crippen molar-refractivity contribution in [2.45, 2.75) is 13.3 Å². The number of para-hydroxylation sites is 2. The molecule has 0 aliphatic heterocycles. The van der Waals surface area contributed by atoms with Crippen molar-refractivity contribution >= 4 is 22.5 Å². The summed E-state index contributed by atoms with van der Waals surface area (Å²) in [5.41, 5.74) is 5.72. The van der Waals surface area contributed by atoms with E-state index in [-0.39, 0.29) is 0 Å². The predicted octanol–water partition coefficient (Wildman–Crippen LogP) is 2.79. The van der Waals surface area contributed by atoms with E-state index in [0.717, 1.165) is 46.7 Å². The van der Waals surface area contributed by atoms with Crippen LogP contribution in [0.4, 0.5) is 5.82 Å². The van der Waals surface area contributed by atoms with Gasteiger partial charge in [-0.3, -0.25) is 4.98 Å². The first-order valence-corrected chi connectivity index (χ1v) is 8.46. The summed E-state index contributed by atoms with van der Waals surface area (Å²) in [5.74, 6) is 1.03. The Balaban J connectivity index is 2.33. The van der Waals surface area contributed by atoms with Crippen molar-refractivity contribution in [2.24, 2.45) is 0 Å². The number of benzene rings is 1. The lowest BCUT2D eigenvalue weighted by molar-refractivity contribution is -0.465. The molecule has 0 fully saturated rings. The van der Waals surface area contributed by atoms with Crippen molar-refractivity contribution in [1.82, 2.24) is 9.88 Å². The maximum absolute atomic E-state index is 9.74. The molecule has 0 bridgehead atoms. The van der Waals surface area contributed by atoms with Crippen LogP contribution in [0.5, 0.6) is 0 Å². The molecular weight excluding hydrogens is 310 g/mol. The molecule has 2 aromatic heterocycles. The van der Waals surface area contributed by atoms with Crippen LogP contribution in [0.2, 0.25) is 0 Å². The van der Waals surface area contributed by atoms with Gasteiger partial charge in [0, 0.05) is 12.1 Å². The molecule has 128 valence electrons. The standard InChI is InChI=1S/C20H23N5/c1-5-8-15-14(2)16(13-21)20-23-17-9-6-7-10-18(17)25(20)19(15)22-11-12-24(3)4/h5-7,9-10H,1,8,11-12H2,2-4H3,(H,22,23)/p+1. The molecule has 1 aromatic carbocycles. The number of allylic oxidation sites excluding steroid dienone is 1. The number of imidazole rings is 1. The number of nitriles is 1. The fourth-order valence-corrected chi connectivity index (χ4v) is 3.24. The molecule has 0 aliphatic carbocycles. The lowest BCUT2D eigenvalue weighted by Gasteiger charge is -2.14. The number of nitrogens with zero attached hydrogens (tertiary/aromatic N) is 3. The Morgan fingerprint density at radius 2 is 2.12 bits per heavy atom.